The summed E-state index contributed by atoms with van der Waals surface area (Å²) in [5.41, 5.74) is 20.3. The Morgan fingerprint density at radius 2 is 0.944 bits per heavy atom. The molecule has 0 N–H and O–H groups in total. The third-order valence-electron chi connectivity index (χ3n) is 16.4. The Hall–Kier alpha value is -7.68. The van der Waals surface area contributed by atoms with E-state index >= 15 is 0 Å². The van der Waals surface area contributed by atoms with Crippen LogP contribution in [0.15, 0.2) is 218 Å². The van der Waals surface area contributed by atoms with Gasteiger partial charge in [-0.05, 0) is 115 Å². The second-order valence-corrected chi connectivity index (χ2v) is 30.5. The SMILES string of the molecule is C[Si]1(C)c2ccccc2-c2c(N(c3ccccc3)c3cc4c5c(c3)N(c3ccccc3)c3c(ccc6sc7ccccc7c36)B5c3ccc5c(c3N4c3ccccc3)-c3ccccc3[Si]5(C)C)cccc21. The minimum atomic E-state index is -2.08. The number of fused-ring (bicyclic) bond motifs is 15. The topological polar surface area (TPSA) is 9.72 Å². The normalized spacial score (nSPS) is 14.9. The van der Waals surface area contributed by atoms with Gasteiger partial charge in [-0.25, -0.2) is 0 Å². The Balaban J connectivity index is 1.13. The molecule has 0 aliphatic carbocycles. The fraction of sp³-hybridized carbons (Fsp3) is 0.0625. The molecular formula is C64H48BN3SSi2. The maximum atomic E-state index is 2.66. The Morgan fingerprint density at radius 1 is 0.423 bits per heavy atom. The van der Waals surface area contributed by atoms with Crippen LogP contribution in [-0.2, 0) is 0 Å². The molecule has 0 saturated carbocycles. The molecule has 0 spiro atoms. The number of hydrogen-bond donors (Lipinski definition) is 0. The second kappa shape index (κ2) is 14.9. The molecule has 0 saturated heterocycles. The van der Waals surface area contributed by atoms with E-state index in [2.05, 4.69) is 259 Å². The zero-order valence-corrected chi connectivity index (χ0v) is 42.9. The molecule has 4 aliphatic heterocycles. The second-order valence-electron chi connectivity index (χ2n) is 20.8. The molecule has 0 unspecified atom stereocenters. The van der Waals surface area contributed by atoms with Crippen molar-refractivity contribution in [1.29, 1.82) is 0 Å². The first kappa shape index (κ1) is 41.1. The van der Waals surface area contributed by atoms with E-state index in [1.165, 1.54) is 108 Å². The van der Waals surface area contributed by atoms with E-state index in [9.17, 15) is 0 Å². The lowest BCUT2D eigenvalue weighted by Gasteiger charge is -2.46. The minimum Gasteiger partial charge on any atom is -0.311 e. The highest BCUT2D eigenvalue weighted by Crippen LogP contribution is 2.53. The van der Waals surface area contributed by atoms with Crippen LogP contribution in [0.5, 0.6) is 0 Å². The summed E-state index contributed by atoms with van der Waals surface area (Å²) < 4.78 is 2.62. The van der Waals surface area contributed by atoms with Crippen molar-refractivity contribution in [3.8, 4) is 22.3 Å². The zero-order chi connectivity index (χ0) is 47.3. The molecule has 0 atom stereocenters. The highest BCUT2D eigenvalue weighted by atomic mass is 32.1. The summed E-state index contributed by atoms with van der Waals surface area (Å²) in [5, 5.41) is 8.65. The van der Waals surface area contributed by atoms with E-state index in [1.54, 1.807) is 0 Å². The third-order valence-corrected chi connectivity index (χ3v) is 24.6. The summed E-state index contributed by atoms with van der Waals surface area (Å²) in [6, 6.07) is 83.2. The fourth-order valence-electron chi connectivity index (χ4n) is 13.3. The van der Waals surface area contributed by atoms with Crippen LogP contribution in [0, 0.1) is 0 Å². The van der Waals surface area contributed by atoms with Gasteiger partial charge in [0.25, 0.3) is 6.71 Å². The molecule has 71 heavy (non-hydrogen) atoms. The molecule has 0 fully saturated rings. The molecule has 0 bridgehead atoms. The van der Waals surface area contributed by atoms with Crippen molar-refractivity contribution < 1.29 is 0 Å². The maximum absolute atomic E-state index is 2.66. The lowest BCUT2D eigenvalue weighted by atomic mass is 9.33. The highest BCUT2D eigenvalue weighted by Gasteiger charge is 2.49. The van der Waals surface area contributed by atoms with Crippen molar-refractivity contribution in [2.75, 3.05) is 14.7 Å². The van der Waals surface area contributed by atoms with E-state index in [1.807, 2.05) is 11.3 Å². The van der Waals surface area contributed by atoms with Gasteiger partial charge in [0.2, 0.25) is 0 Å². The molecule has 0 amide bonds. The number of benzene rings is 10. The van der Waals surface area contributed by atoms with Gasteiger partial charge in [0, 0.05) is 65.4 Å². The van der Waals surface area contributed by atoms with E-state index in [0.29, 0.717) is 0 Å². The van der Waals surface area contributed by atoms with Gasteiger partial charge >= 0.3 is 0 Å². The molecule has 15 rings (SSSR count). The fourth-order valence-corrected chi connectivity index (χ4v) is 20.6. The number of nitrogens with zero attached hydrogens (tertiary/aromatic N) is 3. The van der Waals surface area contributed by atoms with Gasteiger partial charge in [-0.3, -0.25) is 0 Å². The van der Waals surface area contributed by atoms with Gasteiger partial charge in [-0.15, -0.1) is 11.3 Å². The molecule has 4 aliphatic rings. The van der Waals surface area contributed by atoms with E-state index in [4.69, 9.17) is 0 Å². The number of anilines is 9. The van der Waals surface area contributed by atoms with Crippen molar-refractivity contribution >= 4 is 143 Å². The molecular weight excluding hydrogens is 910 g/mol. The summed E-state index contributed by atoms with van der Waals surface area (Å²) in [6.45, 7) is 10.1. The average molecular weight is 958 g/mol. The Labute approximate surface area is 421 Å². The summed E-state index contributed by atoms with van der Waals surface area (Å²) >= 11 is 1.90. The minimum absolute atomic E-state index is 0.0466. The first-order valence-electron chi connectivity index (χ1n) is 25.0. The van der Waals surface area contributed by atoms with Crippen LogP contribution in [0.2, 0.25) is 26.2 Å². The largest absolute Gasteiger partial charge is 0.311 e. The van der Waals surface area contributed by atoms with Gasteiger partial charge in [0.15, 0.2) is 0 Å². The van der Waals surface area contributed by atoms with E-state index in [0.717, 1.165) is 22.7 Å². The zero-order valence-electron chi connectivity index (χ0n) is 40.1. The number of thiophene rings is 1. The van der Waals surface area contributed by atoms with Crippen LogP contribution >= 0.6 is 11.3 Å². The summed E-state index contributed by atoms with van der Waals surface area (Å²) in [5.74, 6) is 0. The Bertz CT molecular complexity index is 4040. The number of rotatable bonds is 5. The van der Waals surface area contributed by atoms with Crippen molar-refractivity contribution in [3.05, 3.63) is 218 Å². The number of para-hydroxylation sites is 3. The van der Waals surface area contributed by atoms with E-state index in [-0.39, 0.29) is 6.71 Å². The Kier molecular flexibility index (Phi) is 8.64. The molecule has 0 radical (unpaired) electrons. The van der Waals surface area contributed by atoms with Crippen LogP contribution in [-0.4, -0.2) is 22.9 Å². The van der Waals surface area contributed by atoms with Gasteiger partial charge < -0.3 is 14.7 Å². The summed E-state index contributed by atoms with van der Waals surface area (Å²) in [6.07, 6.45) is 0. The third kappa shape index (κ3) is 5.59. The monoisotopic (exact) mass is 957 g/mol. The van der Waals surface area contributed by atoms with Crippen LogP contribution < -0.4 is 51.8 Å². The lowest BCUT2D eigenvalue weighted by Crippen LogP contribution is -2.62. The van der Waals surface area contributed by atoms with Gasteiger partial charge in [0.1, 0.15) is 16.1 Å². The molecule has 5 heterocycles. The molecule has 10 aromatic carbocycles. The molecule has 3 nitrogen and oxygen atoms in total. The first-order valence-corrected chi connectivity index (χ1v) is 31.8. The number of hydrogen-bond acceptors (Lipinski definition) is 4. The van der Waals surface area contributed by atoms with Crippen molar-refractivity contribution in [1.82, 2.24) is 0 Å². The summed E-state index contributed by atoms with van der Waals surface area (Å²) in [4.78, 5) is 7.87. The Morgan fingerprint density at radius 3 is 1.62 bits per heavy atom. The smallest absolute Gasteiger partial charge is 0.252 e. The quantitative estimate of drug-likeness (QED) is 0.159. The lowest BCUT2D eigenvalue weighted by molar-refractivity contribution is 1.23. The summed E-state index contributed by atoms with van der Waals surface area (Å²) in [7, 11) is -4.11. The predicted octanol–water partition coefficient (Wildman–Crippen LogP) is 13.2. The van der Waals surface area contributed by atoms with Crippen LogP contribution in [0.4, 0.5) is 51.2 Å². The van der Waals surface area contributed by atoms with Gasteiger partial charge in [-0.2, -0.15) is 0 Å². The van der Waals surface area contributed by atoms with Crippen molar-refractivity contribution in [2.45, 2.75) is 26.2 Å². The molecule has 1 aromatic heterocycles. The first-order chi connectivity index (χ1) is 34.8. The van der Waals surface area contributed by atoms with Gasteiger partial charge in [-0.1, -0.05) is 178 Å². The van der Waals surface area contributed by atoms with Crippen LogP contribution in [0.3, 0.4) is 0 Å². The van der Waals surface area contributed by atoms with Crippen molar-refractivity contribution in [3.63, 3.8) is 0 Å². The highest BCUT2D eigenvalue weighted by molar-refractivity contribution is 7.26. The van der Waals surface area contributed by atoms with Crippen molar-refractivity contribution in [2.24, 2.45) is 0 Å². The van der Waals surface area contributed by atoms with Gasteiger partial charge in [0.05, 0.1) is 17.1 Å². The average Bonchev–Trinajstić information content (AvgIpc) is 4.00. The molecule has 7 heteroatoms. The van der Waals surface area contributed by atoms with Crippen LogP contribution in [0.25, 0.3) is 42.4 Å². The maximum Gasteiger partial charge on any atom is 0.252 e. The molecule has 11 aromatic rings. The van der Waals surface area contributed by atoms with E-state index < -0.39 is 16.1 Å². The standard InChI is InChI=1S/C64H48BN3SSi2/c1-70(2)55-32-18-15-28-46(55)59-50(30-20-34-57(59)70)66(41-21-8-5-9-22-41)44-39-51-62-52(40-44)68(43-25-12-7-13-26-43)64-49(36-38-58-61(64)47-29-16-19-33-56(47)71(58,3)4)65(62)48-35-37-54-60(45-27-14-17-31-53(45)69-54)63(48)67(51)42-23-10-6-11-24-42/h5-40H,1-4H3. The van der Waals surface area contributed by atoms with Crippen LogP contribution in [0.1, 0.15) is 0 Å². The predicted molar refractivity (Wildman–Crippen MR) is 312 cm³/mol. The molecule has 336 valence electrons.